The lowest BCUT2D eigenvalue weighted by Gasteiger charge is -2.47. The summed E-state index contributed by atoms with van der Waals surface area (Å²) in [5.74, 6) is 0.301. The van der Waals surface area contributed by atoms with Gasteiger partial charge in [-0.25, -0.2) is 4.68 Å². The predicted octanol–water partition coefficient (Wildman–Crippen LogP) is 4.38. The molecule has 2 aliphatic rings. The minimum Gasteiger partial charge on any atom is -0.496 e. The van der Waals surface area contributed by atoms with Crippen LogP contribution in [0.4, 0.5) is 0 Å². The van der Waals surface area contributed by atoms with E-state index in [0.717, 1.165) is 16.0 Å². The van der Waals surface area contributed by atoms with Crippen molar-refractivity contribution in [3.8, 4) is 39.6 Å². The lowest BCUT2D eigenvalue weighted by atomic mass is 9.90. The number of aromatic nitrogens is 3. The second kappa shape index (κ2) is 9.61. The molecule has 38 heavy (non-hydrogen) atoms. The molecule has 0 spiro atoms. The van der Waals surface area contributed by atoms with Crippen LogP contribution in [0.1, 0.15) is 30.7 Å². The fourth-order valence-corrected chi connectivity index (χ4v) is 5.57. The number of methoxy groups -OCH3 is 2. The number of rotatable bonds is 8. The first kappa shape index (κ1) is 18.6. The number of nitrogens with zero attached hydrogens (tertiary/aromatic N) is 4. The molecule has 1 amide bonds. The summed E-state index contributed by atoms with van der Waals surface area (Å²) in [5, 5.41) is 8.48. The Labute approximate surface area is 233 Å². The fourth-order valence-electron chi connectivity index (χ4n) is 4.96. The normalized spacial score (nSPS) is 18.3. The maximum absolute atomic E-state index is 14.4. The molecule has 1 fully saturated rings. The quantitative estimate of drug-likeness (QED) is 0.330. The molecule has 9 nitrogen and oxygen atoms in total. The highest BCUT2D eigenvalue weighted by molar-refractivity contribution is 7.08. The van der Waals surface area contributed by atoms with E-state index in [2.05, 4.69) is 0 Å². The van der Waals surface area contributed by atoms with Crippen molar-refractivity contribution >= 4 is 17.2 Å². The highest BCUT2D eigenvalue weighted by Gasteiger charge is 2.46. The smallest absolute Gasteiger partial charge is 0.275 e. The maximum Gasteiger partial charge on any atom is 0.275 e. The number of carbonyl (C=O) groups is 1. The molecule has 2 aliphatic heterocycles. The second-order valence-corrected chi connectivity index (χ2v) is 10.2. The van der Waals surface area contributed by atoms with Gasteiger partial charge in [0.1, 0.15) is 18.1 Å². The van der Waals surface area contributed by atoms with Gasteiger partial charge in [-0.15, -0.1) is 0 Å². The molecule has 3 aromatic heterocycles. The molecule has 0 atom stereocenters. The number of thiophene rings is 1. The van der Waals surface area contributed by atoms with Gasteiger partial charge >= 0.3 is 0 Å². The average Bonchev–Trinajstić information content (AvgIpc) is 3.69. The zero-order valence-corrected chi connectivity index (χ0v) is 21.7. The van der Waals surface area contributed by atoms with Crippen molar-refractivity contribution in [3.63, 3.8) is 0 Å². The number of hydrogen-bond donors (Lipinski definition) is 0. The third-order valence-corrected chi connectivity index (χ3v) is 7.77. The number of fused-ring (bicyclic) bond motifs is 3. The Morgan fingerprint density at radius 2 is 2.21 bits per heavy atom. The Morgan fingerprint density at radius 1 is 1.32 bits per heavy atom. The van der Waals surface area contributed by atoms with Crippen molar-refractivity contribution in [2.24, 2.45) is 7.05 Å². The summed E-state index contributed by atoms with van der Waals surface area (Å²) < 4.78 is 72.8. The molecule has 0 aliphatic carbocycles. The average molecular weight is 541 g/mol. The maximum atomic E-state index is 14.4. The van der Waals surface area contributed by atoms with Crippen LogP contribution in [-0.2, 0) is 23.1 Å². The molecular weight excluding hydrogens is 504 g/mol. The Balaban J connectivity index is 1.49. The van der Waals surface area contributed by atoms with Crippen molar-refractivity contribution in [3.05, 3.63) is 58.7 Å². The van der Waals surface area contributed by atoms with E-state index in [1.165, 1.54) is 11.3 Å². The lowest BCUT2D eigenvalue weighted by Crippen LogP contribution is -2.63. The zero-order valence-electron chi connectivity index (χ0n) is 26.9. The third-order valence-electron chi connectivity index (χ3n) is 7.10. The van der Waals surface area contributed by atoms with Crippen LogP contribution in [0.3, 0.4) is 0 Å². The van der Waals surface area contributed by atoms with Crippen LogP contribution in [0.5, 0.6) is 11.5 Å². The third kappa shape index (κ3) is 3.91. The molecule has 10 heteroatoms. The van der Waals surface area contributed by atoms with Crippen LogP contribution in [0.15, 0.2) is 47.4 Å². The molecule has 4 aromatic rings. The van der Waals surface area contributed by atoms with Gasteiger partial charge in [0.05, 0.1) is 41.4 Å². The number of likely N-dealkylation sites (N-methyl/N-ethyl adjacent to an activating group) is 1. The molecule has 0 N–H and O–H groups in total. The first-order valence-corrected chi connectivity index (χ1v) is 12.9. The molecular formula is C28H30N4O5S. The first-order valence-electron chi connectivity index (χ1n) is 15.0. The zero-order chi connectivity index (χ0) is 31.4. The largest absolute Gasteiger partial charge is 0.496 e. The van der Waals surface area contributed by atoms with E-state index in [1.54, 1.807) is 17.9 Å². The summed E-state index contributed by atoms with van der Waals surface area (Å²) in [4.78, 5) is 15.2. The van der Waals surface area contributed by atoms with E-state index < -0.39 is 25.5 Å². The van der Waals surface area contributed by atoms with Gasteiger partial charge in [0.2, 0.25) is 0 Å². The van der Waals surface area contributed by atoms with Gasteiger partial charge in [-0.05, 0) is 30.0 Å². The standard InChI is InChI=1S/C28H30N4O5S/c1-30-8-5-18(13-30)20-11-21-24(12-23(20)35-4)37-14-22-25(29-32(26(21)22)19-6-10-38-15-19)27(33)31(2)28(7-9-34-3)16-36-17-28/h5-6,8,10-13,15H,7,9,14,16-17H2,1-4H3/i2D3,3D3. The van der Waals surface area contributed by atoms with E-state index in [9.17, 15) is 4.79 Å². The SMILES string of the molecule is [2H]C([2H])([2H])OCCC1(N(C(=O)c2nn(-c3ccsc3)c3c2COc2cc(OC)c(-c4ccn(C)c4)cc2-3)C([2H])([2H])[2H])COC1. The van der Waals surface area contributed by atoms with Gasteiger partial charge in [0.25, 0.3) is 5.91 Å². The van der Waals surface area contributed by atoms with Crippen molar-refractivity contribution < 1.29 is 32.0 Å². The molecule has 198 valence electrons. The molecule has 1 saturated heterocycles. The highest BCUT2D eigenvalue weighted by Crippen LogP contribution is 2.46. The number of amides is 1. The molecule has 0 radical (unpaired) electrons. The Bertz CT molecular complexity index is 1690. The summed E-state index contributed by atoms with van der Waals surface area (Å²) in [6.07, 6.45) is 3.84. The summed E-state index contributed by atoms with van der Waals surface area (Å²) in [6.45, 7) is -3.40. The Morgan fingerprint density at radius 3 is 2.87 bits per heavy atom. The first-order chi connectivity index (χ1) is 20.8. The second-order valence-electron chi connectivity index (χ2n) is 9.43. The highest BCUT2D eigenvalue weighted by atomic mass is 32.1. The lowest BCUT2D eigenvalue weighted by molar-refractivity contribution is -0.128. The predicted molar refractivity (Wildman–Crippen MR) is 144 cm³/mol. The van der Waals surface area contributed by atoms with Crippen LogP contribution in [0, 0.1) is 0 Å². The molecule has 5 heterocycles. The molecule has 0 unspecified atom stereocenters. The summed E-state index contributed by atoms with van der Waals surface area (Å²) in [7, 11) is 0.845. The minimum atomic E-state index is -2.89. The van der Waals surface area contributed by atoms with E-state index in [-0.39, 0.29) is 38.5 Å². The van der Waals surface area contributed by atoms with Crippen LogP contribution in [0.25, 0.3) is 28.1 Å². The van der Waals surface area contributed by atoms with Gasteiger partial charge in [0.15, 0.2) is 5.69 Å². The van der Waals surface area contributed by atoms with E-state index in [4.69, 9.17) is 32.3 Å². The van der Waals surface area contributed by atoms with Crippen molar-refractivity contribution in [2.45, 2.75) is 18.6 Å². The molecule has 1 aromatic carbocycles. The topological polar surface area (TPSA) is 80.0 Å². The molecule has 6 rings (SSSR count). The monoisotopic (exact) mass is 540 g/mol. The van der Waals surface area contributed by atoms with Gasteiger partial charge < -0.3 is 28.4 Å². The number of aryl methyl sites for hydroxylation is 1. The van der Waals surface area contributed by atoms with E-state index in [0.29, 0.717) is 34.0 Å². The van der Waals surface area contributed by atoms with Crippen LogP contribution >= 0.6 is 11.3 Å². The van der Waals surface area contributed by atoms with Crippen LogP contribution in [-0.4, -0.2) is 71.6 Å². The van der Waals surface area contributed by atoms with Gasteiger partial charge in [-0.1, -0.05) is 0 Å². The number of carbonyl (C=O) groups excluding carboxylic acids is 1. The summed E-state index contributed by atoms with van der Waals surface area (Å²) in [5.41, 5.74) is 2.72. The van der Waals surface area contributed by atoms with E-state index in [1.807, 2.05) is 53.0 Å². The molecule has 0 saturated carbocycles. The Hall–Kier alpha value is -3.60. The Kier molecular flexibility index (Phi) is 4.71. The van der Waals surface area contributed by atoms with Gasteiger partial charge in [-0.2, -0.15) is 16.4 Å². The number of hydrogen-bond acceptors (Lipinski definition) is 7. The number of benzene rings is 1. The van der Waals surface area contributed by atoms with Gasteiger partial charge in [0, 0.05) is 77.9 Å². The minimum absolute atomic E-state index is 0.0398. The fraction of sp³-hybridized carbons (Fsp3) is 0.357. The van der Waals surface area contributed by atoms with Crippen molar-refractivity contribution in [2.75, 3.05) is 40.9 Å². The van der Waals surface area contributed by atoms with Crippen LogP contribution in [0.2, 0.25) is 0 Å². The van der Waals surface area contributed by atoms with E-state index >= 15 is 0 Å². The summed E-state index contributed by atoms with van der Waals surface area (Å²) in [6, 6.07) is 7.55. The van der Waals surface area contributed by atoms with Crippen molar-refractivity contribution in [1.82, 2.24) is 19.2 Å². The summed E-state index contributed by atoms with van der Waals surface area (Å²) >= 11 is 1.45. The number of ether oxygens (including phenoxy) is 4. The van der Waals surface area contributed by atoms with Crippen molar-refractivity contribution in [1.29, 1.82) is 0 Å². The van der Waals surface area contributed by atoms with Gasteiger partial charge in [-0.3, -0.25) is 4.79 Å². The molecule has 0 bridgehead atoms. The van der Waals surface area contributed by atoms with Crippen LogP contribution < -0.4 is 9.47 Å².